The summed E-state index contributed by atoms with van der Waals surface area (Å²) in [6.07, 6.45) is 12.4. The molecule has 0 unspecified atom stereocenters. The normalized spacial score (nSPS) is 18.1. The molecule has 0 saturated heterocycles. The minimum atomic E-state index is 0.758. The lowest BCUT2D eigenvalue weighted by molar-refractivity contribution is 0.300. The van der Waals surface area contributed by atoms with Gasteiger partial charge in [-0.1, -0.05) is 44.2 Å². The number of imidazole rings is 1. The van der Waals surface area contributed by atoms with Crippen LogP contribution in [0.1, 0.15) is 50.6 Å². The van der Waals surface area contributed by atoms with Gasteiger partial charge in [0.2, 0.25) is 0 Å². The zero-order chi connectivity index (χ0) is 18.1. The van der Waals surface area contributed by atoms with Crippen LogP contribution in [0.3, 0.4) is 0 Å². The highest BCUT2D eigenvalue weighted by molar-refractivity contribution is 5.64. The molecule has 2 aromatic heterocycles. The van der Waals surface area contributed by atoms with Gasteiger partial charge in [0.15, 0.2) is 5.65 Å². The number of nitrogens with zero attached hydrogens (tertiary/aromatic N) is 3. The van der Waals surface area contributed by atoms with Gasteiger partial charge in [-0.25, -0.2) is 9.50 Å². The maximum Gasteiger partial charge on any atom is 0.154 e. The first-order valence-corrected chi connectivity index (χ1v) is 10.4. The summed E-state index contributed by atoms with van der Waals surface area (Å²) >= 11 is 0. The molecule has 2 aliphatic carbocycles. The second kappa shape index (κ2) is 7.34. The fraction of sp³-hybridized carbons (Fsp3) is 0.478. The van der Waals surface area contributed by atoms with Gasteiger partial charge < -0.3 is 4.74 Å². The molecule has 0 aliphatic heterocycles. The summed E-state index contributed by atoms with van der Waals surface area (Å²) in [5, 5.41) is 4.93. The van der Waals surface area contributed by atoms with Crippen molar-refractivity contribution >= 4 is 5.65 Å². The topological polar surface area (TPSA) is 39.4 Å². The van der Waals surface area contributed by atoms with Gasteiger partial charge in [-0.15, -0.1) is 0 Å². The maximum absolute atomic E-state index is 5.95. The molecule has 0 atom stereocenters. The Morgan fingerprint density at radius 1 is 0.963 bits per heavy atom. The summed E-state index contributed by atoms with van der Waals surface area (Å²) in [5.74, 6) is 2.48. The van der Waals surface area contributed by atoms with Crippen molar-refractivity contribution in [3.63, 3.8) is 0 Å². The van der Waals surface area contributed by atoms with Crippen molar-refractivity contribution in [2.45, 2.75) is 51.4 Å². The Hall–Kier alpha value is -2.36. The molecule has 0 N–H and O–H groups in total. The van der Waals surface area contributed by atoms with E-state index in [1.807, 2.05) is 16.8 Å². The molecule has 5 rings (SSSR count). The Balaban J connectivity index is 1.40. The van der Waals surface area contributed by atoms with Crippen molar-refractivity contribution < 1.29 is 4.74 Å². The number of aromatic nitrogens is 3. The van der Waals surface area contributed by atoms with Crippen LogP contribution in [0.25, 0.3) is 16.9 Å². The van der Waals surface area contributed by atoms with E-state index >= 15 is 0 Å². The largest absolute Gasteiger partial charge is 0.493 e. The minimum absolute atomic E-state index is 0.758. The van der Waals surface area contributed by atoms with E-state index in [1.165, 1.54) is 50.6 Å². The molecule has 0 spiro atoms. The lowest BCUT2D eigenvalue weighted by Crippen LogP contribution is -2.11. The quantitative estimate of drug-likeness (QED) is 0.597. The van der Waals surface area contributed by atoms with Crippen LogP contribution in [0.2, 0.25) is 0 Å². The summed E-state index contributed by atoms with van der Waals surface area (Å²) in [7, 11) is 0. The molecule has 27 heavy (non-hydrogen) atoms. The highest BCUT2D eigenvalue weighted by atomic mass is 16.5. The number of benzene rings is 1. The van der Waals surface area contributed by atoms with Gasteiger partial charge in [-0.3, -0.25) is 0 Å². The predicted octanol–water partition coefficient (Wildman–Crippen LogP) is 5.31. The zero-order valence-electron chi connectivity index (χ0n) is 15.8. The molecule has 0 radical (unpaired) electrons. The minimum Gasteiger partial charge on any atom is -0.493 e. The van der Waals surface area contributed by atoms with Crippen LogP contribution in [-0.2, 0) is 6.42 Å². The Labute approximate surface area is 160 Å². The Morgan fingerprint density at radius 2 is 1.85 bits per heavy atom. The monoisotopic (exact) mass is 361 g/mol. The van der Waals surface area contributed by atoms with Gasteiger partial charge in [-0.05, 0) is 55.4 Å². The lowest BCUT2D eigenvalue weighted by Gasteiger charge is -2.20. The Bertz CT molecular complexity index is 922. The number of hydrogen-bond acceptors (Lipinski definition) is 3. The highest BCUT2D eigenvalue weighted by Crippen LogP contribution is 2.31. The first-order chi connectivity index (χ1) is 13.3. The summed E-state index contributed by atoms with van der Waals surface area (Å²) in [6, 6.07) is 12.6. The van der Waals surface area contributed by atoms with Gasteiger partial charge in [0.05, 0.1) is 24.2 Å². The van der Waals surface area contributed by atoms with Gasteiger partial charge in [0.1, 0.15) is 5.75 Å². The molecule has 2 fully saturated rings. The zero-order valence-corrected chi connectivity index (χ0v) is 15.8. The third kappa shape index (κ3) is 3.85. The lowest BCUT2D eigenvalue weighted by atomic mass is 9.86. The highest BCUT2D eigenvalue weighted by Gasteiger charge is 2.22. The SMILES string of the molecule is c1cc(OCC2CC2)cc(-c2cnc3ccc(CC4CCCCC4)nn23)c1. The molecule has 2 heterocycles. The second-order valence-electron chi connectivity index (χ2n) is 8.23. The summed E-state index contributed by atoms with van der Waals surface area (Å²) in [5.41, 5.74) is 4.22. The standard InChI is InChI=1S/C23H27N3O/c1-2-5-17(6-3-1)13-20-11-12-23-24-15-22(26(23)25-20)19-7-4-8-21(14-19)27-16-18-9-10-18/h4,7-8,11-12,14-15,17-18H,1-3,5-6,9-10,13,16H2. The van der Waals surface area contributed by atoms with Gasteiger partial charge in [0.25, 0.3) is 0 Å². The molecule has 2 aliphatic rings. The molecular formula is C23H27N3O. The Morgan fingerprint density at radius 3 is 2.70 bits per heavy atom. The molecule has 4 heteroatoms. The van der Waals surface area contributed by atoms with E-state index in [9.17, 15) is 0 Å². The van der Waals surface area contributed by atoms with Crippen LogP contribution in [0.5, 0.6) is 5.75 Å². The number of rotatable bonds is 6. The van der Waals surface area contributed by atoms with Crippen LogP contribution in [-0.4, -0.2) is 21.2 Å². The molecule has 1 aromatic carbocycles. The van der Waals surface area contributed by atoms with E-state index in [1.54, 1.807) is 0 Å². The van der Waals surface area contributed by atoms with E-state index in [4.69, 9.17) is 9.84 Å². The number of hydrogen-bond donors (Lipinski definition) is 0. The number of fused-ring (bicyclic) bond motifs is 1. The van der Waals surface area contributed by atoms with Crippen LogP contribution in [0.4, 0.5) is 0 Å². The van der Waals surface area contributed by atoms with Crippen LogP contribution < -0.4 is 4.74 Å². The molecule has 4 nitrogen and oxygen atoms in total. The van der Waals surface area contributed by atoms with E-state index in [0.717, 1.165) is 47.5 Å². The van der Waals surface area contributed by atoms with Crippen molar-refractivity contribution in [2.75, 3.05) is 6.61 Å². The van der Waals surface area contributed by atoms with Crippen molar-refractivity contribution in [1.82, 2.24) is 14.6 Å². The predicted molar refractivity (Wildman–Crippen MR) is 107 cm³/mol. The van der Waals surface area contributed by atoms with Gasteiger partial charge in [-0.2, -0.15) is 5.10 Å². The molecule has 3 aromatic rings. The van der Waals surface area contributed by atoms with Crippen molar-refractivity contribution in [2.24, 2.45) is 11.8 Å². The van der Waals surface area contributed by atoms with Crippen LogP contribution in [0.15, 0.2) is 42.6 Å². The summed E-state index contributed by atoms with van der Waals surface area (Å²) < 4.78 is 7.95. The van der Waals surface area contributed by atoms with Gasteiger partial charge >= 0.3 is 0 Å². The maximum atomic E-state index is 5.95. The van der Waals surface area contributed by atoms with Crippen molar-refractivity contribution in [1.29, 1.82) is 0 Å². The number of ether oxygens (including phenoxy) is 1. The van der Waals surface area contributed by atoms with Crippen molar-refractivity contribution in [3.05, 3.63) is 48.3 Å². The third-order valence-electron chi connectivity index (χ3n) is 5.95. The van der Waals surface area contributed by atoms with E-state index in [2.05, 4.69) is 35.3 Å². The second-order valence-corrected chi connectivity index (χ2v) is 8.23. The molecule has 2 saturated carbocycles. The van der Waals surface area contributed by atoms with Crippen LogP contribution in [0, 0.1) is 11.8 Å². The summed E-state index contributed by atoms with van der Waals surface area (Å²) in [6.45, 7) is 0.834. The van der Waals surface area contributed by atoms with E-state index in [-0.39, 0.29) is 0 Å². The Kier molecular flexibility index (Phi) is 4.56. The van der Waals surface area contributed by atoms with Gasteiger partial charge in [0, 0.05) is 5.56 Å². The first kappa shape index (κ1) is 16.8. The van der Waals surface area contributed by atoms with E-state index in [0.29, 0.717) is 0 Å². The smallest absolute Gasteiger partial charge is 0.154 e. The first-order valence-electron chi connectivity index (χ1n) is 10.4. The van der Waals surface area contributed by atoms with Crippen molar-refractivity contribution in [3.8, 4) is 17.0 Å². The average molecular weight is 361 g/mol. The molecule has 140 valence electrons. The van der Waals surface area contributed by atoms with E-state index < -0.39 is 0 Å². The fourth-order valence-electron chi connectivity index (χ4n) is 4.15. The van der Waals surface area contributed by atoms with Crippen LogP contribution >= 0.6 is 0 Å². The fourth-order valence-corrected chi connectivity index (χ4v) is 4.15. The summed E-state index contributed by atoms with van der Waals surface area (Å²) in [4.78, 5) is 4.56. The molecule has 0 amide bonds. The molecule has 0 bridgehead atoms. The third-order valence-corrected chi connectivity index (χ3v) is 5.95. The average Bonchev–Trinajstić information content (AvgIpc) is 3.45. The molecular weight excluding hydrogens is 334 g/mol.